The number of guanidine groups is 1. The van der Waals surface area contributed by atoms with E-state index in [1.807, 2.05) is 18.7 Å². The molecular weight excluding hydrogens is 459 g/mol. The molecule has 8 nitrogen and oxygen atoms in total. The number of carbonyl (C=O) groups excluding carboxylic acids is 2. The van der Waals surface area contributed by atoms with Gasteiger partial charge in [0.05, 0.1) is 6.54 Å². The fourth-order valence-electron chi connectivity index (χ4n) is 3.27. The van der Waals surface area contributed by atoms with Crippen molar-refractivity contribution in [2.24, 2.45) is 10.9 Å². The Balaban J connectivity index is 0.00000364. The van der Waals surface area contributed by atoms with Crippen LogP contribution in [0.2, 0.25) is 0 Å². The highest BCUT2D eigenvalue weighted by atomic mass is 127. The van der Waals surface area contributed by atoms with Crippen molar-refractivity contribution >= 4 is 41.8 Å². The molecule has 9 heteroatoms. The van der Waals surface area contributed by atoms with Crippen LogP contribution in [0.15, 0.2) is 4.99 Å². The van der Waals surface area contributed by atoms with Gasteiger partial charge in [0.1, 0.15) is 0 Å². The quantitative estimate of drug-likeness (QED) is 0.239. The standard InChI is InChI=1S/C18H34N6O2.HI/c1-15(2)17(26)20-6-7-21-18(19-3)24-12-10-22(11-13-24)14-16(25)23-8-4-5-9-23;/h15H,4-14H2,1-3H3,(H,19,21)(H,20,26);1H. The number of likely N-dealkylation sites (tertiary alicyclic amines) is 1. The van der Waals surface area contributed by atoms with Crippen LogP contribution in [0.5, 0.6) is 0 Å². The largest absolute Gasteiger partial charge is 0.354 e. The molecule has 2 amide bonds. The minimum absolute atomic E-state index is 0. The van der Waals surface area contributed by atoms with Gasteiger partial charge >= 0.3 is 0 Å². The highest BCUT2D eigenvalue weighted by molar-refractivity contribution is 14.0. The molecule has 0 radical (unpaired) electrons. The zero-order valence-electron chi connectivity index (χ0n) is 16.9. The summed E-state index contributed by atoms with van der Waals surface area (Å²) in [4.78, 5) is 34.6. The van der Waals surface area contributed by atoms with Crippen LogP contribution in [-0.2, 0) is 9.59 Å². The van der Waals surface area contributed by atoms with E-state index in [1.165, 1.54) is 0 Å². The van der Waals surface area contributed by atoms with Gasteiger partial charge in [0.25, 0.3) is 0 Å². The first-order valence-electron chi connectivity index (χ1n) is 9.74. The summed E-state index contributed by atoms with van der Waals surface area (Å²) >= 11 is 0. The van der Waals surface area contributed by atoms with Crippen molar-refractivity contribution in [2.75, 3.05) is 66.0 Å². The molecule has 0 aromatic heterocycles. The highest BCUT2D eigenvalue weighted by Crippen LogP contribution is 2.09. The molecular formula is C18H35IN6O2. The van der Waals surface area contributed by atoms with Crippen molar-refractivity contribution in [1.29, 1.82) is 0 Å². The molecule has 0 atom stereocenters. The van der Waals surface area contributed by atoms with E-state index in [9.17, 15) is 9.59 Å². The number of rotatable bonds is 6. The second-order valence-corrected chi connectivity index (χ2v) is 7.27. The Bertz CT molecular complexity index is 500. The van der Waals surface area contributed by atoms with Crippen molar-refractivity contribution in [3.8, 4) is 0 Å². The molecule has 0 aliphatic carbocycles. The number of aliphatic imine (C=N–C) groups is 1. The first-order valence-corrected chi connectivity index (χ1v) is 9.74. The molecule has 0 aromatic rings. The van der Waals surface area contributed by atoms with Crippen LogP contribution in [0, 0.1) is 5.92 Å². The summed E-state index contributed by atoms with van der Waals surface area (Å²) in [5.41, 5.74) is 0. The Kier molecular flexibility index (Phi) is 11.0. The molecule has 0 spiro atoms. The average Bonchev–Trinajstić information content (AvgIpc) is 3.17. The first kappa shape index (κ1) is 23.9. The summed E-state index contributed by atoms with van der Waals surface area (Å²) in [6.45, 7) is 10.8. The smallest absolute Gasteiger partial charge is 0.236 e. The number of nitrogens with one attached hydrogen (secondary N) is 2. The number of hydrogen-bond donors (Lipinski definition) is 2. The van der Waals surface area contributed by atoms with Crippen LogP contribution in [0.4, 0.5) is 0 Å². The lowest BCUT2D eigenvalue weighted by Crippen LogP contribution is -2.54. The number of carbonyl (C=O) groups is 2. The third-order valence-electron chi connectivity index (χ3n) is 4.93. The maximum atomic E-state index is 12.3. The highest BCUT2D eigenvalue weighted by Gasteiger charge is 2.24. The summed E-state index contributed by atoms with van der Waals surface area (Å²) in [5, 5.41) is 6.20. The van der Waals surface area contributed by atoms with Crippen molar-refractivity contribution < 1.29 is 9.59 Å². The second-order valence-electron chi connectivity index (χ2n) is 7.27. The van der Waals surface area contributed by atoms with Crippen LogP contribution in [0.3, 0.4) is 0 Å². The molecule has 2 saturated heterocycles. The maximum absolute atomic E-state index is 12.3. The molecule has 2 N–H and O–H groups in total. The summed E-state index contributed by atoms with van der Waals surface area (Å²) < 4.78 is 0. The average molecular weight is 494 g/mol. The van der Waals surface area contributed by atoms with Crippen LogP contribution >= 0.6 is 24.0 Å². The third-order valence-corrected chi connectivity index (χ3v) is 4.93. The van der Waals surface area contributed by atoms with Gasteiger partial charge in [-0.1, -0.05) is 13.8 Å². The van der Waals surface area contributed by atoms with Crippen LogP contribution in [0.25, 0.3) is 0 Å². The minimum Gasteiger partial charge on any atom is -0.354 e. The molecule has 0 saturated carbocycles. The van der Waals surface area contributed by atoms with E-state index in [1.54, 1.807) is 7.05 Å². The van der Waals surface area contributed by atoms with Gasteiger partial charge in [-0.2, -0.15) is 0 Å². The van der Waals surface area contributed by atoms with Gasteiger partial charge in [0.15, 0.2) is 5.96 Å². The Morgan fingerprint density at radius 3 is 2.07 bits per heavy atom. The molecule has 0 unspecified atom stereocenters. The Morgan fingerprint density at radius 1 is 0.926 bits per heavy atom. The number of hydrogen-bond acceptors (Lipinski definition) is 4. The first-order chi connectivity index (χ1) is 12.5. The van der Waals surface area contributed by atoms with Crippen molar-refractivity contribution in [1.82, 2.24) is 25.3 Å². The van der Waals surface area contributed by atoms with E-state index in [0.717, 1.165) is 58.1 Å². The zero-order chi connectivity index (χ0) is 18.9. The zero-order valence-corrected chi connectivity index (χ0v) is 19.2. The lowest BCUT2D eigenvalue weighted by Gasteiger charge is -2.36. The molecule has 2 aliphatic rings. The van der Waals surface area contributed by atoms with Gasteiger partial charge in [-0.05, 0) is 12.8 Å². The second kappa shape index (κ2) is 12.4. The topological polar surface area (TPSA) is 80.3 Å². The lowest BCUT2D eigenvalue weighted by molar-refractivity contribution is -0.131. The van der Waals surface area contributed by atoms with Gasteiger partial charge in [0.2, 0.25) is 11.8 Å². The molecule has 0 aromatic carbocycles. The Morgan fingerprint density at radius 2 is 1.52 bits per heavy atom. The van der Waals surface area contributed by atoms with Crippen molar-refractivity contribution in [2.45, 2.75) is 26.7 Å². The van der Waals surface area contributed by atoms with E-state index in [4.69, 9.17) is 0 Å². The maximum Gasteiger partial charge on any atom is 0.236 e. The Labute approximate surface area is 180 Å². The van der Waals surface area contributed by atoms with Gasteiger partial charge < -0.3 is 20.4 Å². The van der Waals surface area contributed by atoms with E-state index in [-0.39, 0.29) is 41.7 Å². The van der Waals surface area contributed by atoms with Gasteiger partial charge in [-0.25, -0.2) is 0 Å². The van der Waals surface area contributed by atoms with E-state index in [0.29, 0.717) is 19.6 Å². The van der Waals surface area contributed by atoms with Gasteiger partial charge in [0, 0.05) is 65.3 Å². The Hall–Kier alpha value is -1.10. The predicted octanol–water partition coefficient (Wildman–Crippen LogP) is 0.192. The molecule has 2 rings (SSSR count). The minimum atomic E-state index is 0. The number of nitrogens with zero attached hydrogens (tertiary/aromatic N) is 4. The summed E-state index contributed by atoms with van der Waals surface area (Å²) in [5.74, 6) is 1.19. The SMILES string of the molecule is CN=C(NCCNC(=O)C(C)C)N1CCN(CC(=O)N2CCCC2)CC1.I. The molecule has 2 fully saturated rings. The molecule has 2 heterocycles. The fourth-order valence-corrected chi connectivity index (χ4v) is 3.27. The normalized spacial score (nSPS) is 18.4. The summed E-state index contributed by atoms with van der Waals surface area (Å²) in [7, 11) is 1.78. The van der Waals surface area contributed by atoms with E-state index in [2.05, 4.69) is 25.4 Å². The number of halogens is 1. The molecule has 2 aliphatic heterocycles. The lowest BCUT2D eigenvalue weighted by atomic mass is 10.2. The fraction of sp³-hybridized carbons (Fsp3) is 0.833. The van der Waals surface area contributed by atoms with Gasteiger partial charge in [-0.15, -0.1) is 24.0 Å². The predicted molar refractivity (Wildman–Crippen MR) is 118 cm³/mol. The van der Waals surface area contributed by atoms with Crippen LogP contribution < -0.4 is 10.6 Å². The number of amides is 2. The van der Waals surface area contributed by atoms with Crippen molar-refractivity contribution in [3.05, 3.63) is 0 Å². The van der Waals surface area contributed by atoms with Crippen molar-refractivity contribution in [3.63, 3.8) is 0 Å². The van der Waals surface area contributed by atoms with E-state index < -0.39 is 0 Å². The molecule has 0 bridgehead atoms. The van der Waals surface area contributed by atoms with Crippen LogP contribution in [-0.4, -0.2) is 98.4 Å². The summed E-state index contributed by atoms with van der Waals surface area (Å²) in [6.07, 6.45) is 2.28. The van der Waals surface area contributed by atoms with Crippen LogP contribution in [0.1, 0.15) is 26.7 Å². The van der Waals surface area contributed by atoms with Gasteiger partial charge in [-0.3, -0.25) is 19.5 Å². The van der Waals surface area contributed by atoms with E-state index >= 15 is 0 Å². The molecule has 156 valence electrons. The summed E-state index contributed by atoms with van der Waals surface area (Å²) in [6, 6.07) is 0. The number of piperazine rings is 1. The third kappa shape index (κ3) is 7.81. The monoisotopic (exact) mass is 494 g/mol. The molecule has 27 heavy (non-hydrogen) atoms.